The van der Waals surface area contributed by atoms with Crippen molar-refractivity contribution in [1.82, 2.24) is 25.4 Å². The monoisotopic (exact) mass is 603 g/mol. The largest absolute Gasteiger partial charge is 0.437 e. The maximum absolute atomic E-state index is 13.4. The first kappa shape index (κ1) is 30.5. The van der Waals surface area contributed by atoms with E-state index in [0.29, 0.717) is 27.6 Å². The third-order valence-electron chi connectivity index (χ3n) is 6.90. The van der Waals surface area contributed by atoms with E-state index in [-0.39, 0.29) is 28.6 Å². The Morgan fingerprint density at radius 3 is 2.30 bits per heavy atom. The summed E-state index contributed by atoms with van der Waals surface area (Å²) in [4.78, 5) is 30.7. The quantitative estimate of drug-likeness (QED) is 0.208. The summed E-state index contributed by atoms with van der Waals surface area (Å²) >= 11 is 0. The second-order valence-electron chi connectivity index (χ2n) is 11.6. The Hall–Kier alpha value is -4.93. The van der Waals surface area contributed by atoms with Gasteiger partial charge in [0.1, 0.15) is 5.76 Å². The lowest BCUT2D eigenvalue weighted by atomic mass is 9.96. The first-order valence-corrected chi connectivity index (χ1v) is 14.0. The summed E-state index contributed by atoms with van der Waals surface area (Å²) in [5.74, 6) is -0.539. The van der Waals surface area contributed by atoms with Crippen molar-refractivity contribution in [2.45, 2.75) is 52.3 Å². The summed E-state index contributed by atoms with van der Waals surface area (Å²) in [6, 6.07) is 17.3. The lowest BCUT2D eigenvalue weighted by Gasteiger charge is -2.20. The van der Waals surface area contributed by atoms with Crippen LogP contribution < -0.4 is 10.6 Å². The molecular weight excluding hydrogens is 571 g/mol. The summed E-state index contributed by atoms with van der Waals surface area (Å²) in [7, 11) is 1.48. The van der Waals surface area contributed by atoms with E-state index in [1.54, 1.807) is 47.1 Å². The van der Waals surface area contributed by atoms with E-state index in [2.05, 4.69) is 20.7 Å². The van der Waals surface area contributed by atoms with Crippen LogP contribution in [0.25, 0.3) is 39.2 Å². The smallest absolute Gasteiger partial charge is 0.389 e. The zero-order chi connectivity index (χ0) is 31.8. The minimum absolute atomic E-state index is 0.0351. The Bertz CT molecular complexity index is 1850. The number of nitrogens with zero attached hydrogens (tertiary/aromatic N) is 3. The molecule has 0 saturated heterocycles. The molecule has 0 atom stereocenters. The van der Waals surface area contributed by atoms with Gasteiger partial charge in [-0.15, -0.1) is 0 Å². The number of hydrogen-bond acceptors (Lipinski definition) is 5. The van der Waals surface area contributed by atoms with E-state index in [9.17, 15) is 22.8 Å². The fraction of sp³-hybridized carbons (Fsp3) is 0.273. The SMILES string of the molecule is CNC(=O)c1c(-c2ccc(-n3ccc(C)n3)cc2)oc2nc(CCC(F)(F)F)c(-c3cccc(C(=O)NC(C)(C)C)c3)cc12. The highest BCUT2D eigenvalue weighted by Gasteiger charge is 2.29. The molecule has 0 aliphatic rings. The lowest BCUT2D eigenvalue weighted by molar-refractivity contribution is -0.134. The number of aromatic nitrogens is 3. The van der Waals surface area contributed by atoms with Crippen molar-refractivity contribution < 1.29 is 27.2 Å². The number of rotatable bonds is 7. The number of alkyl halides is 3. The van der Waals surface area contributed by atoms with Crippen LogP contribution in [0.2, 0.25) is 0 Å². The van der Waals surface area contributed by atoms with Gasteiger partial charge in [0.25, 0.3) is 11.8 Å². The summed E-state index contributed by atoms with van der Waals surface area (Å²) in [5.41, 5.74) is 3.31. The van der Waals surface area contributed by atoms with E-state index in [1.807, 2.05) is 52.1 Å². The first-order chi connectivity index (χ1) is 20.7. The van der Waals surface area contributed by atoms with Crippen molar-refractivity contribution in [2.75, 3.05) is 7.05 Å². The molecule has 2 N–H and O–H groups in total. The summed E-state index contributed by atoms with van der Waals surface area (Å²) < 4.78 is 47.9. The van der Waals surface area contributed by atoms with Crippen LogP contribution in [0.5, 0.6) is 0 Å². The van der Waals surface area contributed by atoms with Crippen LogP contribution >= 0.6 is 0 Å². The van der Waals surface area contributed by atoms with Crippen LogP contribution in [0.4, 0.5) is 13.2 Å². The number of furan rings is 1. The number of carbonyl (C=O) groups is 2. The molecule has 8 nitrogen and oxygen atoms in total. The molecule has 3 aromatic heterocycles. The number of hydrogen-bond donors (Lipinski definition) is 2. The van der Waals surface area contributed by atoms with Gasteiger partial charge in [-0.25, -0.2) is 9.67 Å². The van der Waals surface area contributed by atoms with Crippen LogP contribution in [0, 0.1) is 6.92 Å². The zero-order valence-electron chi connectivity index (χ0n) is 25.0. The molecular formula is C33H32F3N5O3. The predicted octanol–water partition coefficient (Wildman–Crippen LogP) is 7.04. The number of fused-ring (bicyclic) bond motifs is 1. The van der Waals surface area contributed by atoms with Gasteiger partial charge in [-0.1, -0.05) is 12.1 Å². The number of halogens is 3. The van der Waals surface area contributed by atoms with E-state index in [0.717, 1.165) is 11.4 Å². The number of nitrogens with one attached hydrogen (secondary N) is 2. The van der Waals surface area contributed by atoms with Gasteiger partial charge in [0.15, 0.2) is 0 Å². The topological polar surface area (TPSA) is 102 Å². The molecule has 5 aromatic rings. The van der Waals surface area contributed by atoms with Crippen LogP contribution in [-0.2, 0) is 6.42 Å². The van der Waals surface area contributed by atoms with Gasteiger partial charge >= 0.3 is 6.18 Å². The number of amides is 2. The summed E-state index contributed by atoms with van der Waals surface area (Å²) in [5, 5.41) is 10.3. The average molecular weight is 604 g/mol. The van der Waals surface area contributed by atoms with Gasteiger partial charge in [0.05, 0.1) is 28.0 Å². The molecule has 0 spiro atoms. The molecule has 0 bridgehead atoms. The Morgan fingerprint density at radius 1 is 0.955 bits per heavy atom. The molecule has 0 aliphatic carbocycles. The van der Waals surface area contributed by atoms with Gasteiger partial charge in [-0.05, 0) is 88.2 Å². The van der Waals surface area contributed by atoms with Crippen LogP contribution in [0.3, 0.4) is 0 Å². The second kappa shape index (κ2) is 11.6. The number of carbonyl (C=O) groups excluding carboxylic acids is 2. The van der Waals surface area contributed by atoms with Crippen molar-refractivity contribution in [1.29, 1.82) is 0 Å². The highest BCUT2D eigenvalue weighted by Crippen LogP contribution is 2.38. The molecule has 0 radical (unpaired) electrons. The van der Waals surface area contributed by atoms with Crippen molar-refractivity contribution in [2.24, 2.45) is 0 Å². The Balaban J connectivity index is 1.66. The fourth-order valence-electron chi connectivity index (χ4n) is 4.88. The van der Waals surface area contributed by atoms with Gasteiger partial charge in [-0.3, -0.25) is 9.59 Å². The normalized spacial score (nSPS) is 12.0. The fourth-order valence-corrected chi connectivity index (χ4v) is 4.88. The maximum atomic E-state index is 13.4. The summed E-state index contributed by atoms with van der Waals surface area (Å²) in [6.07, 6.45) is -4.11. The van der Waals surface area contributed by atoms with Crippen molar-refractivity contribution >= 4 is 22.9 Å². The predicted molar refractivity (Wildman–Crippen MR) is 162 cm³/mol. The molecule has 11 heteroatoms. The number of benzene rings is 2. The molecule has 44 heavy (non-hydrogen) atoms. The minimum Gasteiger partial charge on any atom is -0.437 e. The first-order valence-electron chi connectivity index (χ1n) is 14.0. The third kappa shape index (κ3) is 6.66. The molecule has 5 rings (SSSR count). The zero-order valence-corrected chi connectivity index (χ0v) is 25.0. The Morgan fingerprint density at radius 2 is 1.68 bits per heavy atom. The molecule has 3 heterocycles. The van der Waals surface area contributed by atoms with E-state index in [1.165, 1.54) is 7.05 Å². The average Bonchev–Trinajstić information content (AvgIpc) is 3.57. The molecule has 228 valence electrons. The molecule has 0 saturated carbocycles. The van der Waals surface area contributed by atoms with Gasteiger partial charge in [-0.2, -0.15) is 18.3 Å². The van der Waals surface area contributed by atoms with Crippen molar-refractivity contribution in [3.05, 3.63) is 89.4 Å². The lowest BCUT2D eigenvalue weighted by Crippen LogP contribution is -2.40. The highest BCUT2D eigenvalue weighted by atomic mass is 19.4. The van der Waals surface area contributed by atoms with Crippen LogP contribution in [-0.4, -0.2) is 45.3 Å². The Kier molecular flexibility index (Phi) is 8.07. The van der Waals surface area contributed by atoms with E-state index in [4.69, 9.17) is 4.42 Å². The van der Waals surface area contributed by atoms with E-state index < -0.39 is 30.5 Å². The number of pyridine rings is 1. The van der Waals surface area contributed by atoms with Gasteiger partial charge < -0.3 is 15.1 Å². The maximum Gasteiger partial charge on any atom is 0.389 e. The van der Waals surface area contributed by atoms with Gasteiger partial charge in [0.2, 0.25) is 5.71 Å². The highest BCUT2D eigenvalue weighted by molar-refractivity contribution is 6.11. The second-order valence-corrected chi connectivity index (χ2v) is 11.6. The molecule has 0 aliphatic heterocycles. The number of aryl methyl sites for hydroxylation is 2. The minimum atomic E-state index is -4.42. The summed E-state index contributed by atoms with van der Waals surface area (Å²) in [6.45, 7) is 7.44. The third-order valence-corrected chi connectivity index (χ3v) is 6.90. The molecule has 0 unspecified atom stereocenters. The molecule has 2 amide bonds. The van der Waals surface area contributed by atoms with Crippen molar-refractivity contribution in [3.63, 3.8) is 0 Å². The molecule has 0 fully saturated rings. The van der Waals surface area contributed by atoms with Crippen LogP contribution in [0.1, 0.15) is 59.3 Å². The van der Waals surface area contributed by atoms with Gasteiger partial charge in [0, 0.05) is 41.9 Å². The van der Waals surface area contributed by atoms with Crippen LogP contribution in [0.15, 0.2) is 71.3 Å². The van der Waals surface area contributed by atoms with Crippen molar-refractivity contribution in [3.8, 4) is 28.1 Å². The molecule has 2 aromatic carbocycles. The Labute approximate surface area is 252 Å². The van der Waals surface area contributed by atoms with E-state index >= 15 is 0 Å². The standard InChI is InChI=1S/C33H32F3N5O3/c1-19-14-16-41(40-19)23-11-9-20(10-12-23)28-27(30(43)37-5)25-18-24(26(38-31(25)44-28)13-15-33(34,35)36)21-7-6-8-22(17-21)29(42)39-32(2,3)4/h6-12,14,16-18H,13,15H2,1-5H3,(H,37,43)(H,39,42).